The van der Waals surface area contributed by atoms with Gasteiger partial charge < -0.3 is 9.73 Å². The van der Waals surface area contributed by atoms with Crippen molar-refractivity contribution in [2.45, 2.75) is 26.9 Å². The summed E-state index contributed by atoms with van der Waals surface area (Å²) in [5.74, 6) is -0.485. The zero-order valence-corrected chi connectivity index (χ0v) is 13.9. The van der Waals surface area contributed by atoms with Gasteiger partial charge in [-0.3, -0.25) is 4.79 Å². The van der Waals surface area contributed by atoms with Crippen LogP contribution in [0.15, 0.2) is 40.8 Å². The second-order valence-corrected chi connectivity index (χ2v) is 6.02. The Morgan fingerprint density at radius 2 is 1.72 bits per heavy atom. The highest BCUT2D eigenvalue weighted by molar-refractivity contribution is 6.06. The summed E-state index contributed by atoms with van der Waals surface area (Å²) < 4.78 is 44.0. The smallest absolute Gasteiger partial charge is 0.416 e. The van der Waals surface area contributed by atoms with Gasteiger partial charge in [0.15, 0.2) is 5.76 Å². The number of anilines is 1. The van der Waals surface area contributed by atoms with E-state index in [0.717, 1.165) is 28.6 Å². The molecule has 1 aromatic heterocycles. The third-order valence-corrected chi connectivity index (χ3v) is 4.21. The number of carbonyl (C=O) groups excluding carboxylic acids is 1. The molecular weight excluding hydrogens is 331 g/mol. The molecule has 0 spiro atoms. The molecule has 1 amide bonds. The van der Waals surface area contributed by atoms with Gasteiger partial charge in [-0.2, -0.15) is 13.2 Å². The van der Waals surface area contributed by atoms with Crippen molar-refractivity contribution in [3.05, 3.63) is 64.4 Å². The van der Waals surface area contributed by atoms with Crippen LogP contribution in [0.25, 0.3) is 11.0 Å². The molecule has 25 heavy (non-hydrogen) atoms. The average molecular weight is 347 g/mol. The van der Waals surface area contributed by atoms with Gasteiger partial charge in [-0.1, -0.05) is 6.07 Å². The molecule has 3 aromatic rings. The van der Waals surface area contributed by atoms with Crippen molar-refractivity contribution in [1.82, 2.24) is 0 Å². The fourth-order valence-corrected chi connectivity index (χ4v) is 2.65. The van der Waals surface area contributed by atoms with Gasteiger partial charge in [-0.05, 0) is 62.2 Å². The van der Waals surface area contributed by atoms with E-state index in [9.17, 15) is 18.0 Å². The normalized spacial score (nSPS) is 11.8. The summed E-state index contributed by atoms with van der Waals surface area (Å²) in [6.07, 6.45) is -4.47. The molecule has 6 heteroatoms. The number of hydrogen-bond acceptors (Lipinski definition) is 2. The first-order chi connectivity index (χ1) is 11.7. The van der Waals surface area contributed by atoms with Crippen LogP contribution in [0.1, 0.15) is 32.8 Å². The number of benzene rings is 2. The number of carbonyl (C=O) groups is 1. The third-order valence-electron chi connectivity index (χ3n) is 4.21. The number of fused-ring (bicyclic) bond motifs is 1. The predicted octanol–water partition coefficient (Wildman–Crippen LogP) is 5.63. The number of furan rings is 1. The number of aryl methyl sites for hydroxylation is 3. The Morgan fingerprint density at radius 1 is 1.04 bits per heavy atom. The molecule has 1 heterocycles. The Kier molecular flexibility index (Phi) is 4.06. The maximum absolute atomic E-state index is 12.8. The highest BCUT2D eigenvalue weighted by atomic mass is 19.4. The van der Waals surface area contributed by atoms with Gasteiger partial charge in [0.2, 0.25) is 0 Å². The second kappa shape index (κ2) is 5.95. The molecule has 0 aliphatic carbocycles. The van der Waals surface area contributed by atoms with Crippen LogP contribution < -0.4 is 5.32 Å². The largest absolute Gasteiger partial charge is 0.451 e. The molecule has 2 aromatic carbocycles. The average Bonchev–Trinajstić information content (AvgIpc) is 2.84. The third kappa shape index (κ3) is 3.24. The van der Waals surface area contributed by atoms with Crippen LogP contribution in [0.2, 0.25) is 0 Å². The Balaban J connectivity index is 1.94. The molecule has 0 aliphatic rings. The van der Waals surface area contributed by atoms with E-state index in [1.165, 1.54) is 12.1 Å². The fraction of sp³-hybridized carbons (Fsp3) is 0.211. The lowest BCUT2D eigenvalue weighted by Gasteiger charge is -2.09. The van der Waals surface area contributed by atoms with Gasteiger partial charge in [0, 0.05) is 16.6 Å². The summed E-state index contributed by atoms with van der Waals surface area (Å²) in [6.45, 7) is 5.65. The monoisotopic (exact) mass is 347 g/mol. The summed E-state index contributed by atoms with van der Waals surface area (Å²) in [6, 6.07) is 8.27. The number of nitrogens with one attached hydrogen (secondary N) is 1. The Hall–Kier alpha value is -2.76. The van der Waals surface area contributed by atoms with E-state index in [-0.39, 0.29) is 11.4 Å². The standard InChI is InChI=1S/C19H16F3NO2/c1-10-7-15-12(3)17(25-16(15)8-11(10)2)18(24)23-14-6-4-5-13(9-14)19(20,21)22/h4-9H,1-3H3,(H,23,24). The molecule has 0 atom stereocenters. The minimum Gasteiger partial charge on any atom is -0.451 e. The topological polar surface area (TPSA) is 42.2 Å². The molecule has 0 bridgehead atoms. The van der Waals surface area contributed by atoms with Crippen molar-refractivity contribution in [2.24, 2.45) is 0 Å². The van der Waals surface area contributed by atoms with E-state index in [4.69, 9.17) is 4.42 Å². The molecule has 3 nitrogen and oxygen atoms in total. The number of rotatable bonds is 2. The first-order valence-electron chi connectivity index (χ1n) is 7.66. The molecule has 0 fully saturated rings. The number of halogens is 3. The number of amides is 1. The minimum absolute atomic E-state index is 0.0621. The summed E-state index contributed by atoms with van der Waals surface area (Å²) in [5.41, 5.74) is 2.58. The van der Waals surface area contributed by atoms with Crippen molar-refractivity contribution in [1.29, 1.82) is 0 Å². The number of hydrogen-bond donors (Lipinski definition) is 1. The van der Waals surface area contributed by atoms with E-state index >= 15 is 0 Å². The lowest BCUT2D eigenvalue weighted by molar-refractivity contribution is -0.137. The molecule has 0 saturated heterocycles. The van der Waals surface area contributed by atoms with E-state index in [1.54, 1.807) is 6.92 Å². The first kappa shape index (κ1) is 17.1. The van der Waals surface area contributed by atoms with Crippen LogP contribution in [-0.4, -0.2) is 5.91 Å². The van der Waals surface area contributed by atoms with E-state index in [2.05, 4.69) is 5.32 Å². The highest BCUT2D eigenvalue weighted by Gasteiger charge is 2.30. The van der Waals surface area contributed by atoms with Gasteiger partial charge >= 0.3 is 6.18 Å². The predicted molar refractivity (Wildman–Crippen MR) is 89.8 cm³/mol. The van der Waals surface area contributed by atoms with Crippen LogP contribution in [-0.2, 0) is 6.18 Å². The highest BCUT2D eigenvalue weighted by Crippen LogP contribution is 2.32. The van der Waals surface area contributed by atoms with E-state index in [1.807, 2.05) is 26.0 Å². The van der Waals surface area contributed by atoms with Gasteiger partial charge in [0.05, 0.1) is 5.56 Å². The van der Waals surface area contributed by atoms with Crippen molar-refractivity contribution in [3.63, 3.8) is 0 Å². The van der Waals surface area contributed by atoms with E-state index < -0.39 is 17.6 Å². The Labute approximate surface area is 142 Å². The van der Waals surface area contributed by atoms with Crippen LogP contribution in [0.4, 0.5) is 18.9 Å². The zero-order valence-electron chi connectivity index (χ0n) is 13.9. The minimum atomic E-state index is -4.47. The van der Waals surface area contributed by atoms with Gasteiger partial charge in [0.25, 0.3) is 5.91 Å². The summed E-state index contributed by atoms with van der Waals surface area (Å²) in [5, 5.41) is 3.29. The quantitative estimate of drug-likeness (QED) is 0.653. The lowest BCUT2D eigenvalue weighted by Crippen LogP contribution is -2.13. The molecule has 130 valence electrons. The molecule has 0 radical (unpaired) electrons. The molecule has 0 unspecified atom stereocenters. The zero-order chi connectivity index (χ0) is 18.4. The van der Waals surface area contributed by atoms with Gasteiger partial charge in [0.1, 0.15) is 5.58 Å². The maximum atomic E-state index is 12.8. The van der Waals surface area contributed by atoms with Crippen molar-refractivity contribution < 1.29 is 22.4 Å². The maximum Gasteiger partial charge on any atom is 0.416 e. The molecule has 1 N–H and O–H groups in total. The summed E-state index contributed by atoms with van der Waals surface area (Å²) in [4.78, 5) is 12.4. The van der Waals surface area contributed by atoms with Crippen LogP contribution in [0.3, 0.4) is 0 Å². The lowest BCUT2D eigenvalue weighted by atomic mass is 10.0. The molecular formula is C19H16F3NO2. The van der Waals surface area contributed by atoms with Gasteiger partial charge in [-0.15, -0.1) is 0 Å². The van der Waals surface area contributed by atoms with Crippen molar-refractivity contribution in [3.8, 4) is 0 Å². The fourth-order valence-electron chi connectivity index (χ4n) is 2.65. The van der Waals surface area contributed by atoms with Crippen LogP contribution in [0, 0.1) is 20.8 Å². The first-order valence-corrected chi connectivity index (χ1v) is 7.66. The van der Waals surface area contributed by atoms with Gasteiger partial charge in [-0.25, -0.2) is 0 Å². The molecule has 0 aliphatic heterocycles. The SMILES string of the molecule is Cc1cc2oc(C(=O)Nc3cccc(C(F)(F)F)c3)c(C)c2cc1C. The molecule has 0 saturated carbocycles. The summed E-state index contributed by atoms with van der Waals surface area (Å²) >= 11 is 0. The van der Waals surface area contributed by atoms with Crippen molar-refractivity contribution in [2.75, 3.05) is 5.32 Å². The Bertz CT molecular complexity index is 971. The van der Waals surface area contributed by atoms with Crippen molar-refractivity contribution >= 4 is 22.6 Å². The number of alkyl halides is 3. The molecule has 3 rings (SSSR count). The summed E-state index contributed by atoms with van der Waals surface area (Å²) in [7, 11) is 0. The Morgan fingerprint density at radius 3 is 2.40 bits per heavy atom. The van der Waals surface area contributed by atoms with Crippen LogP contribution >= 0.6 is 0 Å². The second-order valence-electron chi connectivity index (χ2n) is 6.02. The van der Waals surface area contributed by atoms with E-state index in [0.29, 0.717) is 11.1 Å². The van der Waals surface area contributed by atoms with Crippen LogP contribution in [0.5, 0.6) is 0 Å².